The maximum Gasteiger partial charge on any atom is 0.291 e. The summed E-state index contributed by atoms with van der Waals surface area (Å²) in [7, 11) is 0. The molecule has 0 saturated carbocycles. The highest BCUT2D eigenvalue weighted by atomic mass is 35.5. The number of hydrogen-bond donors (Lipinski definition) is 2. The van der Waals surface area contributed by atoms with Crippen molar-refractivity contribution in [2.45, 2.75) is 0 Å². The molecule has 1 heterocycles. The number of phenols is 1. The Morgan fingerprint density at radius 3 is 2.74 bits per heavy atom. The standard InChI is InChI=1S/C18H12ClN3O5/c19-14-9-12(3-5-15(14)21-18(24)17-2-1-7-27-17)20-10-11-8-13(22(25)26)4-6-16(11)23/h1-10,23H,(H,21,24). The van der Waals surface area contributed by atoms with Crippen LogP contribution in [0.25, 0.3) is 0 Å². The van der Waals surface area contributed by atoms with E-state index in [1.54, 1.807) is 18.2 Å². The van der Waals surface area contributed by atoms with Crippen LogP contribution in [0, 0.1) is 10.1 Å². The number of rotatable bonds is 5. The summed E-state index contributed by atoms with van der Waals surface area (Å²) in [5.41, 5.74) is 0.830. The Labute approximate surface area is 157 Å². The molecule has 0 radical (unpaired) electrons. The number of nitro benzene ring substituents is 1. The second kappa shape index (κ2) is 7.71. The lowest BCUT2D eigenvalue weighted by Crippen LogP contribution is -2.10. The van der Waals surface area contributed by atoms with Gasteiger partial charge in [-0.2, -0.15) is 0 Å². The van der Waals surface area contributed by atoms with Gasteiger partial charge in [0.05, 0.1) is 27.6 Å². The van der Waals surface area contributed by atoms with Crippen molar-refractivity contribution in [3.63, 3.8) is 0 Å². The van der Waals surface area contributed by atoms with Crippen molar-refractivity contribution in [2.24, 2.45) is 4.99 Å². The number of carbonyl (C=O) groups is 1. The third-order valence-electron chi connectivity index (χ3n) is 3.52. The summed E-state index contributed by atoms with van der Waals surface area (Å²) in [6.07, 6.45) is 2.67. The van der Waals surface area contributed by atoms with Crippen LogP contribution in [0.3, 0.4) is 0 Å². The molecule has 0 aliphatic rings. The smallest absolute Gasteiger partial charge is 0.291 e. The van der Waals surface area contributed by atoms with Gasteiger partial charge in [-0.1, -0.05) is 11.6 Å². The molecule has 0 saturated heterocycles. The average molecular weight is 386 g/mol. The highest BCUT2D eigenvalue weighted by Crippen LogP contribution is 2.28. The molecule has 0 aliphatic carbocycles. The van der Waals surface area contributed by atoms with E-state index in [1.807, 2.05) is 0 Å². The Hall–Kier alpha value is -3.65. The molecule has 0 bridgehead atoms. The monoisotopic (exact) mass is 385 g/mol. The SMILES string of the molecule is O=C(Nc1ccc(N=Cc2cc([N+](=O)[O-])ccc2O)cc1Cl)c1ccco1. The molecule has 0 spiro atoms. The number of amides is 1. The highest BCUT2D eigenvalue weighted by molar-refractivity contribution is 6.34. The van der Waals surface area contributed by atoms with Crippen LogP contribution >= 0.6 is 11.6 Å². The largest absolute Gasteiger partial charge is 0.507 e. The minimum Gasteiger partial charge on any atom is -0.507 e. The molecule has 27 heavy (non-hydrogen) atoms. The lowest BCUT2D eigenvalue weighted by Gasteiger charge is -2.06. The minimum absolute atomic E-state index is 0.141. The zero-order chi connectivity index (χ0) is 19.4. The number of nitro groups is 1. The van der Waals surface area contributed by atoms with Gasteiger partial charge in [0, 0.05) is 23.9 Å². The molecule has 2 aromatic carbocycles. The molecule has 3 rings (SSSR count). The molecule has 0 atom stereocenters. The van der Waals surface area contributed by atoms with Crippen LogP contribution in [0.1, 0.15) is 16.1 Å². The van der Waals surface area contributed by atoms with Gasteiger partial charge in [0.25, 0.3) is 11.6 Å². The number of aromatic hydroxyl groups is 1. The molecule has 8 nitrogen and oxygen atoms in total. The van der Waals surface area contributed by atoms with Gasteiger partial charge in [0.1, 0.15) is 5.75 Å². The van der Waals surface area contributed by atoms with Gasteiger partial charge in [-0.3, -0.25) is 19.9 Å². The Balaban J connectivity index is 1.78. The van der Waals surface area contributed by atoms with Crippen molar-refractivity contribution < 1.29 is 19.2 Å². The summed E-state index contributed by atoms with van der Waals surface area (Å²) in [5.74, 6) is -0.438. The fourth-order valence-corrected chi connectivity index (χ4v) is 2.40. The number of aliphatic imine (C=N–C) groups is 1. The molecular weight excluding hydrogens is 374 g/mol. The van der Waals surface area contributed by atoms with Crippen molar-refractivity contribution in [2.75, 3.05) is 5.32 Å². The Morgan fingerprint density at radius 2 is 2.07 bits per heavy atom. The van der Waals surface area contributed by atoms with Crippen molar-refractivity contribution in [3.05, 3.63) is 81.3 Å². The predicted molar refractivity (Wildman–Crippen MR) is 100 cm³/mol. The second-order valence-electron chi connectivity index (χ2n) is 5.35. The number of nitrogens with zero attached hydrogens (tertiary/aromatic N) is 2. The third-order valence-corrected chi connectivity index (χ3v) is 3.83. The number of anilines is 1. The topological polar surface area (TPSA) is 118 Å². The maximum atomic E-state index is 12.0. The van der Waals surface area contributed by atoms with Gasteiger partial charge in [0.15, 0.2) is 5.76 Å². The van der Waals surface area contributed by atoms with Crippen LogP contribution in [0.15, 0.2) is 64.2 Å². The number of halogens is 1. The van der Waals surface area contributed by atoms with Gasteiger partial charge in [-0.25, -0.2) is 0 Å². The van der Waals surface area contributed by atoms with Crippen LogP contribution in [0.2, 0.25) is 5.02 Å². The van der Waals surface area contributed by atoms with E-state index in [1.165, 1.54) is 42.8 Å². The Morgan fingerprint density at radius 1 is 1.26 bits per heavy atom. The molecule has 0 fully saturated rings. The zero-order valence-electron chi connectivity index (χ0n) is 13.6. The Bertz CT molecular complexity index is 1030. The molecule has 1 amide bonds. The summed E-state index contributed by atoms with van der Waals surface area (Å²) < 4.78 is 5.01. The van der Waals surface area contributed by atoms with Crippen molar-refractivity contribution in [1.82, 2.24) is 0 Å². The zero-order valence-corrected chi connectivity index (χ0v) is 14.4. The molecule has 136 valence electrons. The number of phenolic OH excluding ortho intramolecular Hbond substituents is 1. The first kappa shape index (κ1) is 18.2. The van der Waals surface area contributed by atoms with Crippen molar-refractivity contribution in [1.29, 1.82) is 0 Å². The van der Waals surface area contributed by atoms with Crippen LogP contribution < -0.4 is 5.32 Å². The number of hydrogen-bond acceptors (Lipinski definition) is 6. The second-order valence-corrected chi connectivity index (χ2v) is 5.76. The summed E-state index contributed by atoms with van der Waals surface area (Å²) in [6.45, 7) is 0. The van der Waals surface area contributed by atoms with Gasteiger partial charge < -0.3 is 14.8 Å². The Kier molecular flexibility index (Phi) is 5.18. The van der Waals surface area contributed by atoms with E-state index >= 15 is 0 Å². The average Bonchev–Trinajstić information content (AvgIpc) is 3.17. The molecular formula is C18H12ClN3O5. The van der Waals surface area contributed by atoms with Crippen LogP contribution in [0.4, 0.5) is 17.1 Å². The van der Waals surface area contributed by atoms with Crippen molar-refractivity contribution in [3.8, 4) is 5.75 Å². The number of furan rings is 1. The van der Waals surface area contributed by atoms with Crippen LogP contribution in [-0.2, 0) is 0 Å². The summed E-state index contributed by atoms with van der Waals surface area (Å²) in [6, 6.07) is 11.4. The van der Waals surface area contributed by atoms with E-state index in [2.05, 4.69) is 10.3 Å². The first-order chi connectivity index (χ1) is 12.9. The number of nitrogens with one attached hydrogen (secondary N) is 1. The lowest BCUT2D eigenvalue weighted by molar-refractivity contribution is -0.384. The van der Waals surface area contributed by atoms with Crippen molar-refractivity contribution >= 4 is 40.8 Å². The fourth-order valence-electron chi connectivity index (χ4n) is 2.18. The van der Waals surface area contributed by atoms with Gasteiger partial charge in [-0.15, -0.1) is 0 Å². The molecule has 1 aromatic heterocycles. The number of benzene rings is 2. The number of carbonyl (C=O) groups excluding carboxylic acids is 1. The first-order valence-electron chi connectivity index (χ1n) is 7.60. The van der Waals surface area contributed by atoms with E-state index in [9.17, 15) is 20.0 Å². The third kappa shape index (κ3) is 4.31. The van der Waals surface area contributed by atoms with Gasteiger partial charge >= 0.3 is 0 Å². The summed E-state index contributed by atoms with van der Waals surface area (Å²) >= 11 is 6.16. The molecule has 0 unspecified atom stereocenters. The van der Waals surface area contributed by atoms with E-state index in [0.29, 0.717) is 11.4 Å². The van der Waals surface area contributed by atoms with E-state index in [4.69, 9.17) is 16.0 Å². The first-order valence-corrected chi connectivity index (χ1v) is 7.98. The minimum atomic E-state index is -0.565. The van der Waals surface area contributed by atoms with E-state index in [0.717, 1.165) is 0 Å². The predicted octanol–water partition coefficient (Wildman–Crippen LogP) is 4.55. The fraction of sp³-hybridized carbons (Fsp3) is 0. The molecule has 9 heteroatoms. The lowest BCUT2D eigenvalue weighted by atomic mass is 10.2. The van der Waals surface area contributed by atoms with Gasteiger partial charge in [-0.05, 0) is 36.4 Å². The summed E-state index contributed by atoms with van der Waals surface area (Å²) in [5, 5.41) is 23.5. The van der Waals surface area contributed by atoms with Crippen LogP contribution in [-0.4, -0.2) is 22.2 Å². The van der Waals surface area contributed by atoms with Crippen LogP contribution in [0.5, 0.6) is 5.75 Å². The quantitative estimate of drug-likeness (QED) is 0.379. The normalized spacial score (nSPS) is 10.9. The summed E-state index contributed by atoms with van der Waals surface area (Å²) in [4.78, 5) is 26.4. The van der Waals surface area contributed by atoms with E-state index in [-0.39, 0.29) is 27.8 Å². The van der Waals surface area contributed by atoms with E-state index < -0.39 is 10.8 Å². The number of non-ortho nitro benzene ring substituents is 1. The molecule has 2 N–H and O–H groups in total. The van der Waals surface area contributed by atoms with Gasteiger partial charge in [0.2, 0.25) is 0 Å². The maximum absolute atomic E-state index is 12.0. The molecule has 3 aromatic rings. The highest BCUT2D eigenvalue weighted by Gasteiger charge is 2.11. The molecule has 0 aliphatic heterocycles.